The SMILES string of the molecule is COc1ccc(C(CNCC(=O)NCc2ccco2)N2CCOCC2)cc1.O=C(O)C(=O)O. The van der Waals surface area contributed by atoms with Gasteiger partial charge in [0.05, 0.1) is 39.7 Å². The molecule has 0 spiro atoms. The van der Waals surface area contributed by atoms with Gasteiger partial charge in [-0.2, -0.15) is 0 Å². The fourth-order valence-corrected chi connectivity index (χ4v) is 3.16. The van der Waals surface area contributed by atoms with Gasteiger partial charge in [-0.3, -0.25) is 9.69 Å². The number of carbonyl (C=O) groups is 3. The average molecular weight is 463 g/mol. The van der Waals surface area contributed by atoms with E-state index in [1.54, 1.807) is 13.4 Å². The summed E-state index contributed by atoms with van der Waals surface area (Å²) in [6, 6.07) is 11.9. The van der Waals surface area contributed by atoms with E-state index >= 15 is 0 Å². The second-order valence-corrected chi connectivity index (χ2v) is 7.03. The summed E-state index contributed by atoms with van der Waals surface area (Å²) in [5.74, 6) is -2.12. The zero-order valence-corrected chi connectivity index (χ0v) is 18.4. The number of carboxylic acid groups (broad SMARTS) is 2. The highest BCUT2D eigenvalue weighted by molar-refractivity contribution is 6.27. The third kappa shape index (κ3) is 9.31. The number of aliphatic carboxylic acids is 2. The van der Waals surface area contributed by atoms with Crippen molar-refractivity contribution in [2.24, 2.45) is 0 Å². The summed E-state index contributed by atoms with van der Waals surface area (Å²) < 4.78 is 16.0. The molecule has 1 aliphatic heterocycles. The molecule has 0 saturated carbocycles. The van der Waals surface area contributed by atoms with E-state index in [0.29, 0.717) is 13.1 Å². The summed E-state index contributed by atoms with van der Waals surface area (Å²) in [6.07, 6.45) is 1.60. The smallest absolute Gasteiger partial charge is 0.414 e. The van der Waals surface area contributed by atoms with Gasteiger partial charge in [-0.15, -0.1) is 0 Å². The molecule has 0 radical (unpaired) electrons. The molecule has 180 valence electrons. The van der Waals surface area contributed by atoms with Gasteiger partial charge in [-0.25, -0.2) is 9.59 Å². The molecular weight excluding hydrogens is 434 g/mol. The van der Waals surface area contributed by atoms with Gasteiger partial charge >= 0.3 is 11.9 Å². The Morgan fingerprint density at radius 1 is 1.09 bits per heavy atom. The van der Waals surface area contributed by atoms with Crippen LogP contribution < -0.4 is 15.4 Å². The first kappa shape index (κ1) is 25.8. The number of furan rings is 1. The topological polar surface area (TPSA) is 151 Å². The number of ether oxygens (including phenoxy) is 2. The van der Waals surface area contributed by atoms with Crippen LogP contribution >= 0.6 is 0 Å². The van der Waals surface area contributed by atoms with Crippen LogP contribution in [-0.2, 0) is 25.7 Å². The molecule has 2 heterocycles. The van der Waals surface area contributed by atoms with Gasteiger partial charge in [0.25, 0.3) is 0 Å². The van der Waals surface area contributed by atoms with Crippen LogP contribution in [0.5, 0.6) is 5.75 Å². The van der Waals surface area contributed by atoms with Crippen molar-refractivity contribution in [3.8, 4) is 5.75 Å². The number of nitrogens with zero attached hydrogens (tertiary/aromatic N) is 1. The van der Waals surface area contributed by atoms with Crippen molar-refractivity contribution in [3.63, 3.8) is 0 Å². The molecular formula is C22H29N3O8. The van der Waals surface area contributed by atoms with E-state index in [9.17, 15) is 4.79 Å². The number of amides is 1. The zero-order chi connectivity index (χ0) is 24.1. The fraction of sp³-hybridized carbons (Fsp3) is 0.409. The highest BCUT2D eigenvalue weighted by atomic mass is 16.5. The lowest BCUT2D eigenvalue weighted by Gasteiger charge is -2.35. The van der Waals surface area contributed by atoms with Gasteiger partial charge in [0.2, 0.25) is 5.91 Å². The van der Waals surface area contributed by atoms with Gasteiger partial charge in [0.1, 0.15) is 11.5 Å². The summed E-state index contributed by atoms with van der Waals surface area (Å²) in [7, 11) is 1.66. The predicted octanol–water partition coefficient (Wildman–Crippen LogP) is 0.723. The van der Waals surface area contributed by atoms with Crippen molar-refractivity contribution >= 4 is 17.8 Å². The van der Waals surface area contributed by atoms with Crippen LogP contribution in [0.4, 0.5) is 0 Å². The van der Waals surface area contributed by atoms with Crippen LogP contribution in [0.1, 0.15) is 17.4 Å². The number of hydrogen-bond donors (Lipinski definition) is 4. The van der Waals surface area contributed by atoms with E-state index in [1.165, 1.54) is 5.56 Å². The van der Waals surface area contributed by atoms with Crippen molar-refractivity contribution in [1.82, 2.24) is 15.5 Å². The van der Waals surface area contributed by atoms with Crippen molar-refractivity contribution in [1.29, 1.82) is 0 Å². The summed E-state index contributed by atoms with van der Waals surface area (Å²) in [4.78, 5) is 32.6. The predicted molar refractivity (Wildman–Crippen MR) is 117 cm³/mol. The van der Waals surface area contributed by atoms with E-state index in [4.69, 9.17) is 33.7 Å². The molecule has 11 heteroatoms. The molecule has 3 rings (SSSR count). The van der Waals surface area contributed by atoms with Crippen molar-refractivity contribution in [3.05, 3.63) is 54.0 Å². The Labute approximate surface area is 191 Å². The number of morpholine rings is 1. The van der Waals surface area contributed by atoms with Gasteiger partial charge in [0.15, 0.2) is 0 Å². The molecule has 2 aromatic rings. The second-order valence-electron chi connectivity index (χ2n) is 7.03. The molecule has 0 aliphatic carbocycles. The van der Waals surface area contributed by atoms with E-state index < -0.39 is 11.9 Å². The molecule has 1 saturated heterocycles. The number of nitrogens with one attached hydrogen (secondary N) is 2. The molecule has 1 atom stereocenters. The van der Waals surface area contributed by atoms with Gasteiger partial charge in [-0.05, 0) is 29.8 Å². The monoisotopic (exact) mass is 463 g/mol. The molecule has 1 aromatic carbocycles. The summed E-state index contributed by atoms with van der Waals surface area (Å²) in [5, 5.41) is 20.9. The van der Waals surface area contributed by atoms with Gasteiger partial charge < -0.3 is 34.7 Å². The molecule has 1 fully saturated rings. The largest absolute Gasteiger partial charge is 0.497 e. The van der Waals surface area contributed by atoms with Crippen LogP contribution in [0, 0.1) is 0 Å². The Morgan fingerprint density at radius 2 is 1.76 bits per heavy atom. The van der Waals surface area contributed by atoms with Crippen LogP contribution in [0.25, 0.3) is 0 Å². The minimum absolute atomic E-state index is 0.0538. The van der Waals surface area contributed by atoms with E-state index in [0.717, 1.165) is 37.8 Å². The molecule has 1 aromatic heterocycles. The number of methoxy groups -OCH3 is 1. The normalized spacial score (nSPS) is 14.5. The Balaban J connectivity index is 0.000000569. The number of hydrogen-bond acceptors (Lipinski definition) is 8. The molecule has 33 heavy (non-hydrogen) atoms. The third-order valence-corrected chi connectivity index (χ3v) is 4.83. The van der Waals surface area contributed by atoms with E-state index in [2.05, 4.69) is 27.7 Å². The van der Waals surface area contributed by atoms with Crippen molar-refractivity contribution in [2.45, 2.75) is 12.6 Å². The average Bonchev–Trinajstić information content (AvgIpc) is 3.35. The lowest BCUT2D eigenvalue weighted by molar-refractivity contribution is -0.159. The van der Waals surface area contributed by atoms with Gasteiger partial charge in [0, 0.05) is 25.7 Å². The van der Waals surface area contributed by atoms with Crippen LogP contribution in [0.3, 0.4) is 0 Å². The quantitative estimate of drug-likeness (QED) is 0.392. The maximum absolute atomic E-state index is 12.1. The van der Waals surface area contributed by atoms with Crippen LogP contribution in [-0.4, -0.2) is 79.5 Å². The van der Waals surface area contributed by atoms with E-state index in [1.807, 2.05) is 24.3 Å². The maximum atomic E-state index is 12.1. The molecule has 0 bridgehead atoms. The van der Waals surface area contributed by atoms with Crippen molar-refractivity contribution in [2.75, 3.05) is 46.5 Å². The summed E-state index contributed by atoms with van der Waals surface area (Å²) >= 11 is 0. The Morgan fingerprint density at radius 3 is 2.30 bits per heavy atom. The highest BCUT2D eigenvalue weighted by Gasteiger charge is 2.22. The minimum atomic E-state index is -1.82. The molecule has 1 unspecified atom stereocenters. The first-order valence-electron chi connectivity index (χ1n) is 10.3. The number of benzene rings is 1. The lowest BCUT2D eigenvalue weighted by atomic mass is 10.0. The molecule has 4 N–H and O–H groups in total. The fourth-order valence-electron chi connectivity index (χ4n) is 3.16. The number of carbonyl (C=O) groups excluding carboxylic acids is 1. The number of carboxylic acids is 2. The third-order valence-electron chi connectivity index (χ3n) is 4.83. The van der Waals surface area contributed by atoms with Crippen LogP contribution in [0.2, 0.25) is 0 Å². The van der Waals surface area contributed by atoms with Crippen molar-refractivity contribution < 1.29 is 38.5 Å². The Hall–Kier alpha value is -3.41. The lowest BCUT2D eigenvalue weighted by Crippen LogP contribution is -2.44. The number of rotatable bonds is 9. The van der Waals surface area contributed by atoms with E-state index in [-0.39, 0.29) is 18.5 Å². The minimum Gasteiger partial charge on any atom is -0.497 e. The zero-order valence-electron chi connectivity index (χ0n) is 18.4. The highest BCUT2D eigenvalue weighted by Crippen LogP contribution is 2.23. The maximum Gasteiger partial charge on any atom is 0.414 e. The molecule has 11 nitrogen and oxygen atoms in total. The Bertz CT molecular complexity index is 852. The summed E-state index contributed by atoms with van der Waals surface area (Å²) in [5.41, 5.74) is 1.20. The molecule has 1 aliphatic rings. The van der Waals surface area contributed by atoms with Gasteiger partial charge in [-0.1, -0.05) is 12.1 Å². The standard InChI is InChI=1S/C20H27N3O4.C2H2O4/c1-25-17-6-4-16(5-7-17)19(23-8-11-26-12-9-23)14-21-15-20(24)22-13-18-3-2-10-27-18;3-1(4)2(5)6/h2-7,10,19,21H,8-9,11-15H2,1H3,(H,22,24);(H,3,4)(H,5,6). The first-order chi connectivity index (χ1) is 15.9. The van der Waals surface area contributed by atoms with Crippen LogP contribution in [0.15, 0.2) is 47.1 Å². The summed E-state index contributed by atoms with van der Waals surface area (Å²) in [6.45, 7) is 4.57. The first-order valence-corrected chi connectivity index (χ1v) is 10.3. The Kier molecular flexibility index (Phi) is 10.9. The molecule has 1 amide bonds. The second kappa shape index (κ2) is 13.9.